The Morgan fingerprint density at radius 3 is 2.45 bits per heavy atom. The second-order valence-electron chi connectivity index (χ2n) is 8.81. The maximum atomic E-state index is 13.2. The number of halogens is 3. The first kappa shape index (κ1) is 21.5. The summed E-state index contributed by atoms with van der Waals surface area (Å²) < 4.78 is 42.6. The molecule has 0 N–H and O–H groups in total. The van der Waals surface area contributed by atoms with Crippen LogP contribution in [0.3, 0.4) is 0 Å². The number of aromatic nitrogens is 3. The number of fused-ring (bicyclic) bond motifs is 3. The SMILES string of the molecule is CN(C)C1CCN(C(=O)c2ccc3c(c2)c2cn(C)nc2n3-c2ccc(C(F)(F)F)cc2)C1. The summed E-state index contributed by atoms with van der Waals surface area (Å²) in [5.74, 6) is -0.0134. The summed E-state index contributed by atoms with van der Waals surface area (Å²) >= 11 is 0. The van der Waals surface area contributed by atoms with E-state index in [-0.39, 0.29) is 5.91 Å². The van der Waals surface area contributed by atoms with Gasteiger partial charge in [-0.1, -0.05) is 0 Å². The van der Waals surface area contributed by atoms with E-state index < -0.39 is 11.7 Å². The Morgan fingerprint density at radius 2 is 1.82 bits per heavy atom. The first-order valence-electron chi connectivity index (χ1n) is 10.7. The summed E-state index contributed by atoms with van der Waals surface area (Å²) in [5, 5.41) is 6.22. The molecule has 172 valence electrons. The molecule has 6 nitrogen and oxygen atoms in total. The second-order valence-corrected chi connectivity index (χ2v) is 8.81. The van der Waals surface area contributed by atoms with Crippen molar-refractivity contribution < 1.29 is 18.0 Å². The monoisotopic (exact) mass is 455 g/mol. The normalized spacial score (nSPS) is 17.1. The van der Waals surface area contributed by atoms with Crippen LogP contribution < -0.4 is 0 Å². The van der Waals surface area contributed by atoms with Gasteiger partial charge in [-0.15, -0.1) is 0 Å². The minimum atomic E-state index is -4.39. The number of rotatable bonds is 3. The van der Waals surface area contributed by atoms with Gasteiger partial charge in [-0.05, 0) is 63.0 Å². The highest BCUT2D eigenvalue weighted by atomic mass is 19.4. The summed E-state index contributed by atoms with van der Waals surface area (Å²) in [4.78, 5) is 17.2. The lowest BCUT2D eigenvalue weighted by molar-refractivity contribution is -0.137. The van der Waals surface area contributed by atoms with E-state index in [0.717, 1.165) is 34.8 Å². The number of aryl methyl sites for hydroxylation is 1. The molecule has 1 aliphatic heterocycles. The van der Waals surface area contributed by atoms with Crippen molar-refractivity contribution >= 4 is 27.8 Å². The van der Waals surface area contributed by atoms with E-state index in [2.05, 4.69) is 10.00 Å². The van der Waals surface area contributed by atoms with Gasteiger partial charge in [0.25, 0.3) is 5.91 Å². The van der Waals surface area contributed by atoms with Crippen LogP contribution >= 0.6 is 0 Å². The Hall–Kier alpha value is -3.33. The number of carbonyl (C=O) groups is 1. The molecule has 1 atom stereocenters. The van der Waals surface area contributed by atoms with E-state index in [1.165, 1.54) is 12.1 Å². The molecule has 1 saturated heterocycles. The van der Waals surface area contributed by atoms with Crippen molar-refractivity contribution in [1.82, 2.24) is 24.1 Å². The van der Waals surface area contributed by atoms with Gasteiger partial charge in [0.05, 0.1) is 11.1 Å². The lowest BCUT2D eigenvalue weighted by atomic mass is 10.1. The predicted molar refractivity (Wildman–Crippen MR) is 121 cm³/mol. The van der Waals surface area contributed by atoms with Crippen LogP contribution in [0.4, 0.5) is 13.2 Å². The van der Waals surface area contributed by atoms with Crippen molar-refractivity contribution in [3.63, 3.8) is 0 Å². The largest absolute Gasteiger partial charge is 0.416 e. The highest BCUT2D eigenvalue weighted by Crippen LogP contribution is 2.34. The Kier molecular flexibility index (Phi) is 4.97. The van der Waals surface area contributed by atoms with E-state index in [0.29, 0.717) is 36.0 Å². The van der Waals surface area contributed by atoms with Crippen LogP contribution in [0.5, 0.6) is 0 Å². The number of likely N-dealkylation sites (tertiary alicyclic amines) is 1. The first-order valence-corrected chi connectivity index (χ1v) is 10.7. The van der Waals surface area contributed by atoms with Crippen LogP contribution in [0.1, 0.15) is 22.3 Å². The number of alkyl halides is 3. The molecule has 2 aromatic carbocycles. The zero-order valence-electron chi connectivity index (χ0n) is 18.6. The van der Waals surface area contributed by atoms with Crippen molar-refractivity contribution in [2.75, 3.05) is 27.2 Å². The van der Waals surface area contributed by atoms with Crippen molar-refractivity contribution in [3.8, 4) is 5.69 Å². The lowest BCUT2D eigenvalue weighted by Crippen LogP contribution is -2.34. The van der Waals surface area contributed by atoms with E-state index in [1.807, 2.05) is 41.9 Å². The summed E-state index contributed by atoms with van der Waals surface area (Å²) in [6.45, 7) is 1.41. The molecule has 0 bridgehead atoms. The fourth-order valence-corrected chi connectivity index (χ4v) is 4.62. The van der Waals surface area contributed by atoms with E-state index in [4.69, 9.17) is 0 Å². The van der Waals surface area contributed by atoms with Gasteiger partial charge in [0.15, 0.2) is 5.65 Å². The van der Waals surface area contributed by atoms with Gasteiger partial charge < -0.3 is 9.80 Å². The molecule has 1 aliphatic rings. The van der Waals surface area contributed by atoms with Gasteiger partial charge in [0.2, 0.25) is 0 Å². The summed E-state index contributed by atoms with van der Waals surface area (Å²) in [6, 6.07) is 10.9. The Labute approximate surface area is 188 Å². The van der Waals surface area contributed by atoms with Gasteiger partial charge in [-0.3, -0.25) is 14.0 Å². The molecule has 1 amide bonds. The molecule has 1 unspecified atom stereocenters. The molecule has 2 aromatic heterocycles. The number of benzene rings is 2. The number of nitrogens with zero attached hydrogens (tertiary/aromatic N) is 5. The fraction of sp³-hybridized carbons (Fsp3) is 0.333. The number of hydrogen-bond donors (Lipinski definition) is 0. The third-order valence-electron chi connectivity index (χ3n) is 6.43. The zero-order valence-corrected chi connectivity index (χ0v) is 18.6. The number of likely N-dealkylation sites (N-methyl/N-ethyl adjacent to an activating group) is 1. The Bertz CT molecular complexity index is 1350. The molecule has 9 heteroatoms. The number of carbonyl (C=O) groups excluding carboxylic acids is 1. The van der Waals surface area contributed by atoms with E-state index in [1.54, 1.807) is 17.8 Å². The van der Waals surface area contributed by atoms with Crippen LogP contribution in [-0.4, -0.2) is 63.3 Å². The van der Waals surface area contributed by atoms with Crippen LogP contribution in [0.15, 0.2) is 48.7 Å². The molecule has 1 fully saturated rings. The molecule has 4 aromatic rings. The maximum Gasteiger partial charge on any atom is 0.416 e. The average Bonchev–Trinajstić information content (AvgIpc) is 3.46. The van der Waals surface area contributed by atoms with Gasteiger partial charge in [-0.25, -0.2) is 0 Å². The topological polar surface area (TPSA) is 46.3 Å². The van der Waals surface area contributed by atoms with Gasteiger partial charge in [0, 0.05) is 54.4 Å². The second kappa shape index (κ2) is 7.62. The zero-order chi connectivity index (χ0) is 23.5. The van der Waals surface area contributed by atoms with Gasteiger partial charge >= 0.3 is 6.18 Å². The molecule has 5 rings (SSSR count). The summed E-state index contributed by atoms with van der Waals surface area (Å²) in [5.41, 5.74) is 1.89. The van der Waals surface area contributed by atoms with Crippen molar-refractivity contribution in [1.29, 1.82) is 0 Å². The fourth-order valence-electron chi connectivity index (χ4n) is 4.62. The molecule has 0 aliphatic carbocycles. The Morgan fingerprint density at radius 1 is 1.09 bits per heavy atom. The minimum Gasteiger partial charge on any atom is -0.337 e. The molecule has 3 heterocycles. The highest BCUT2D eigenvalue weighted by Gasteiger charge is 2.31. The van der Waals surface area contributed by atoms with Crippen molar-refractivity contribution in [3.05, 3.63) is 59.8 Å². The molecule has 0 saturated carbocycles. The molecule has 0 spiro atoms. The van der Waals surface area contributed by atoms with E-state index in [9.17, 15) is 18.0 Å². The lowest BCUT2D eigenvalue weighted by Gasteiger charge is -2.20. The first-order chi connectivity index (χ1) is 15.6. The van der Waals surface area contributed by atoms with Crippen LogP contribution in [-0.2, 0) is 13.2 Å². The third kappa shape index (κ3) is 3.66. The quantitative estimate of drug-likeness (QED) is 0.463. The molecule has 0 radical (unpaired) electrons. The smallest absolute Gasteiger partial charge is 0.337 e. The highest BCUT2D eigenvalue weighted by molar-refractivity contribution is 6.10. The van der Waals surface area contributed by atoms with E-state index >= 15 is 0 Å². The molecular formula is C24H24F3N5O. The average molecular weight is 455 g/mol. The third-order valence-corrected chi connectivity index (χ3v) is 6.43. The van der Waals surface area contributed by atoms with Crippen molar-refractivity contribution in [2.24, 2.45) is 7.05 Å². The molecular weight excluding hydrogens is 431 g/mol. The van der Waals surface area contributed by atoms with Crippen molar-refractivity contribution in [2.45, 2.75) is 18.6 Å². The Balaban J connectivity index is 1.58. The maximum absolute atomic E-state index is 13.2. The number of amides is 1. The standard InChI is InChI=1S/C24H24F3N5O/c1-29(2)18-10-11-31(13-18)23(33)15-4-9-21-19(12-15)20-14-30(3)28-22(20)32(21)17-7-5-16(6-8-17)24(25,26)27/h4-9,12,14,18H,10-11,13H2,1-3H3. The van der Waals surface area contributed by atoms with Crippen LogP contribution in [0, 0.1) is 0 Å². The number of hydrogen-bond acceptors (Lipinski definition) is 3. The predicted octanol–water partition coefficient (Wildman–Crippen LogP) is 4.31. The van der Waals surface area contributed by atoms with Crippen LogP contribution in [0.2, 0.25) is 0 Å². The summed E-state index contributed by atoms with van der Waals surface area (Å²) in [6.07, 6.45) is -1.59. The minimum absolute atomic E-state index is 0.0134. The van der Waals surface area contributed by atoms with Crippen LogP contribution in [0.25, 0.3) is 27.6 Å². The molecule has 33 heavy (non-hydrogen) atoms. The van der Waals surface area contributed by atoms with Gasteiger partial charge in [0.1, 0.15) is 0 Å². The van der Waals surface area contributed by atoms with Gasteiger partial charge in [-0.2, -0.15) is 18.3 Å². The summed E-state index contributed by atoms with van der Waals surface area (Å²) in [7, 11) is 5.84.